The maximum atomic E-state index is 5.39. The molecular formula is C17H17N5O3S. The molecule has 1 N–H and O–H groups in total. The number of methoxy groups -OCH3 is 3. The molecule has 0 bridgehead atoms. The Morgan fingerprint density at radius 2 is 1.73 bits per heavy atom. The third-order valence-electron chi connectivity index (χ3n) is 3.60. The molecule has 0 spiro atoms. The van der Waals surface area contributed by atoms with Gasteiger partial charge in [-0.3, -0.25) is 4.98 Å². The van der Waals surface area contributed by atoms with E-state index in [2.05, 4.69) is 20.3 Å². The van der Waals surface area contributed by atoms with Gasteiger partial charge in [-0.25, -0.2) is 5.10 Å². The predicted octanol–water partition coefficient (Wildman–Crippen LogP) is 2.91. The Morgan fingerprint density at radius 1 is 1.08 bits per heavy atom. The van der Waals surface area contributed by atoms with Crippen molar-refractivity contribution in [3.8, 4) is 28.6 Å². The molecule has 134 valence electrons. The van der Waals surface area contributed by atoms with E-state index in [0.29, 0.717) is 33.4 Å². The number of pyridine rings is 1. The van der Waals surface area contributed by atoms with Gasteiger partial charge in [-0.2, -0.15) is 14.9 Å². The minimum absolute atomic E-state index is 0.360. The summed E-state index contributed by atoms with van der Waals surface area (Å²) in [5, 5.41) is 11.4. The van der Waals surface area contributed by atoms with Gasteiger partial charge in [0.15, 0.2) is 17.3 Å². The molecule has 0 unspecified atom stereocenters. The van der Waals surface area contributed by atoms with Crippen molar-refractivity contribution in [3.05, 3.63) is 47.0 Å². The summed E-state index contributed by atoms with van der Waals surface area (Å²) in [6.45, 7) is 0. The fourth-order valence-corrected chi connectivity index (χ4v) is 2.55. The Bertz CT molecular complexity index is 957. The van der Waals surface area contributed by atoms with Crippen LogP contribution in [0.4, 0.5) is 0 Å². The summed E-state index contributed by atoms with van der Waals surface area (Å²) in [6, 6.07) is 7.24. The first-order valence-electron chi connectivity index (χ1n) is 7.60. The van der Waals surface area contributed by atoms with E-state index in [1.807, 2.05) is 12.1 Å². The second-order valence-corrected chi connectivity index (χ2v) is 5.49. The Hall–Kier alpha value is -3.20. The molecule has 0 fully saturated rings. The molecule has 3 rings (SSSR count). The van der Waals surface area contributed by atoms with E-state index in [4.69, 9.17) is 26.4 Å². The van der Waals surface area contributed by atoms with Crippen molar-refractivity contribution in [2.75, 3.05) is 21.3 Å². The predicted molar refractivity (Wildman–Crippen MR) is 99.7 cm³/mol. The van der Waals surface area contributed by atoms with E-state index in [-0.39, 0.29) is 0 Å². The molecule has 9 heteroatoms. The van der Waals surface area contributed by atoms with Gasteiger partial charge < -0.3 is 14.2 Å². The standard InChI is InChI=1S/C17H17N5O3S/c1-23-13-8-12(9-14(24-2)15(13)25-3)16-20-21-17(26)22(16)19-10-11-4-6-18-7-5-11/h4-10H,1-3H3,(H,21,26)/b19-10+. The molecule has 0 aliphatic heterocycles. The first-order valence-corrected chi connectivity index (χ1v) is 8.01. The fourth-order valence-electron chi connectivity index (χ4n) is 2.37. The van der Waals surface area contributed by atoms with Crippen LogP contribution in [0.3, 0.4) is 0 Å². The topological polar surface area (TPSA) is 86.6 Å². The second-order valence-electron chi connectivity index (χ2n) is 5.10. The van der Waals surface area contributed by atoms with Crippen molar-refractivity contribution in [2.24, 2.45) is 5.10 Å². The average molecular weight is 371 g/mol. The highest BCUT2D eigenvalue weighted by molar-refractivity contribution is 7.71. The number of ether oxygens (including phenoxy) is 3. The second kappa shape index (κ2) is 7.79. The van der Waals surface area contributed by atoms with E-state index in [9.17, 15) is 0 Å². The van der Waals surface area contributed by atoms with Crippen molar-refractivity contribution in [1.29, 1.82) is 0 Å². The molecule has 2 heterocycles. The molecule has 0 atom stereocenters. The summed E-state index contributed by atoms with van der Waals surface area (Å²) in [5.41, 5.74) is 1.60. The van der Waals surface area contributed by atoms with Crippen LogP contribution in [-0.4, -0.2) is 47.4 Å². The number of hydrogen-bond donors (Lipinski definition) is 1. The number of H-pyrrole nitrogens is 1. The van der Waals surface area contributed by atoms with Crippen LogP contribution in [0.25, 0.3) is 11.4 Å². The highest BCUT2D eigenvalue weighted by Crippen LogP contribution is 2.40. The summed E-state index contributed by atoms with van der Waals surface area (Å²) < 4.78 is 18.0. The summed E-state index contributed by atoms with van der Waals surface area (Å²) in [4.78, 5) is 3.98. The molecule has 8 nitrogen and oxygen atoms in total. The third kappa shape index (κ3) is 3.42. The third-order valence-corrected chi connectivity index (χ3v) is 3.87. The number of nitrogens with zero attached hydrogens (tertiary/aromatic N) is 4. The highest BCUT2D eigenvalue weighted by atomic mass is 32.1. The lowest BCUT2D eigenvalue weighted by atomic mass is 10.1. The molecule has 0 aliphatic rings. The summed E-state index contributed by atoms with van der Waals surface area (Å²) >= 11 is 5.29. The molecular weight excluding hydrogens is 354 g/mol. The Morgan fingerprint density at radius 3 is 2.31 bits per heavy atom. The lowest BCUT2D eigenvalue weighted by Crippen LogP contribution is -1.99. The molecule has 26 heavy (non-hydrogen) atoms. The number of hydrogen-bond acceptors (Lipinski definition) is 7. The van der Waals surface area contributed by atoms with Gasteiger partial charge in [0.2, 0.25) is 10.5 Å². The van der Waals surface area contributed by atoms with Crippen LogP contribution in [0.5, 0.6) is 17.2 Å². The Kier molecular flexibility index (Phi) is 5.28. The van der Waals surface area contributed by atoms with Crippen molar-refractivity contribution < 1.29 is 14.2 Å². The van der Waals surface area contributed by atoms with Crippen molar-refractivity contribution in [3.63, 3.8) is 0 Å². The van der Waals surface area contributed by atoms with E-state index in [1.54, 1.807) is 52.1 Å². The molecule has 2 aromatic heterocycles. The van der Waals surface area contributed by atoms with Gasteiger partial charge in [0, 0.05) is 18.0 Å². The molecule has 3 aromatic rings. The van der Waals surface area contributed by atoms with E-state index in [0.717, 1.165) is 5.56 Å². The van der Waals surface area contributed by atoms with Crippen molar-refractivity contribution in [2.45, 2.75) is 0 Å². The number of rotatable bonds is 6. The summed E-state index contributed by atoms with van der Waals surface area (Å²) in [6.07, 6.45) is 5.06. The van der Waals surface area contributed by atoms with E-state index >= 15 is 0 Å². The normalized spacial score (nSPS) is 10.9. The first kappa shape index (κ1) is 17.6. The van der Waals surface area contributed by atoms with Crippen LogP contribution in [0, 0.1) is 4.77 Å². The zero-order valence-corrected chi connectivity index (χ0v) is 15.3. The summed E-state index contributed by atoms with van der Waals surface area (Å²) in [7, 11) is 4.66. The SMILES string of the molecule is COc1cc(-c2n[nH]c(=S)n2/N=C/c2ccncc2)cc(OC)c1OC. The minimum Gasteiger partial charge on any atom is -0.493 e. The minimum atomic E-state index is 0.360. The van der Waals surface area contributed by atoms with E-state index in [1.165, 1.54) is 4.68 Å². The number of aromatic amines is 1. The van der Waals surface area contributed by atoms with E-state index < -0.39 is 0 Å². The van der Waals surface area contributed by atoms with Crippen LogP contribution in [-0.2, 0) is 0 Å². The van der Waals surface area contributed by atoms with Crippen LogP contribution < -0.4 is 14.2 Å². The zero-order chi connectivity index (χ0) is 18.5. The molecule has 0 aliphatic carbocycles. The van der Waals surface area contributed by atoms with Gasteiger partial charge in [0.1, 0.15) is 0 Å². The maximum Gasteiger partial charge on any atom is 0.216 e. The average Bonchev–Trinajstić information content (AvgIpc) is 3.06. The van der Waals surface area contributed by atoms with Crippen LogP contribution in [0.2, 0.25) is 0 Å². The summed E-state index contributed by atoms with van der Waals surface area (Å²) in [5.74, 6) is 2.04. The molecule has 1 aromatic carbocycles. The van der Waals surface area contributed by atoms with Gasteiger partial charge >= 0.3 is 0 Å². The molecule has 0 amide bonds. The lowest BCUT2D eigenvalue weighted by molar-refractivity contribution is 0.324. The number of benzene rings is 1. The Balaban J connectivity index is 2.09. The number of nitrogens with one attached hydrogen (secondary N) is 1. The molecule has 0 radical (unpaired) electrons. The van der Waals surface area contributed by atoms with Crippen LogP contribution >= 0.6 is 12.2 Å². The fraction of sp³-hybridized carbons (Fsp3) is 0.176. The van der Waals surface area contributed by atoms with Gasteiger partial charge in [0.05, 0.1) is 27.5 Å². The first-order chi connectivity index (χ1) is 12.7. The lowest BCUT2D eigenvalue weighted by Gasteiger charge is -2.13. The number of aromatic nitrogens is 4. The van der Waals surface area contributed by atoms with Gasteiger partial charge in [-0.05, 0) is 42.0 Å². The smallest absolute Gasteiger partial charge is 0.216 e. The van der Waals surface area contributed by atoms with Crippen LogP contribution in [0.15, 0.2) is 41.8 Å². The quantitative estimate of drug-likeness (QED) is 0.530. The molecule has 0 saturated carbocycles. The van der Waals surface area contributed by atoms with Crippen molar-refractivity contribution >= 4 is 18.4 Å². The Labute approximate surface area is 155 Å². The van der Waals surface area contributed by atoms with Crippen LogP contribution in [0.1, 0.15) is 5.56 Å². The largest absolute Gasteiger partial charge is 0.493 e. The maximum absolute atomic E-state index is 5.39. The van der Waals surface area contributed by atoms with Gasteiger partial charge in [-0.1, -0.05) is 0 Å². The monoisotopic (exact) mass is 371 g/mol. The zero-order valence-electron chi connectivity index (χ0n) is 14.5. The van der Waals surface area contributed by atoms with Gasteiger partial charge in [-0.15, -0.1) is 0 Å². The highest BCUT2D eigenvalue weighted by Gasteiger charge is 2.17. The van der Waals surface area contributed by atoms with Gasteiger partial charge in [0.25, 0.3) is 0 Å². The molecule has 0 saturated heterocycles. The van der Waals surface area contributed by atoms with Crippen molar-refractivity contribution in [1.82, 2.24) is 19.9 Å².